The van der Waals surface area contributed by atoms with E-state index >= 15 is 4.39 Å². The van der Waals surface area contributed by atoms with Gasteiger partial charge in [0.25, 0.3) is 5.91 Å². The zero-order chi connectivity index (χ0) is 43.7. The molecular weight excluding hydrogens is 788 g/mol. The molecule has 0 saturated carbocycles. The lowest BCUT2D eigenvalue weighted by Gasteiger charge is -2.30. The van der Waals surface area contributed by atoms with E-state index in [2.05, 4.69) is 30.6 Å². The Bertz CT molecular complexity index is 2700. The van der Waals surface area contributed by atoms with Gasteiger partial charge in [-0.1, -0.05) is 46.8 Å². The van der Waals surface area contributed by atoms with E-state index in [4.69, 9.17) is 13.9 Å². The smallest absolute Gasteiger partial charge is 0.407 e. The summed E-state index contributed by atoms with van der Waals surface area (Å²) in [6, 6.07) is 9.72. The second-order valence-electron chi connectivity index (χ2n) is 15.8. The number of likely N-dealkylation sites (tertiary alicyclic amines) is 1. The van der Waals surface area contributed by atoms with Gasteiger partial charge in [-0.15, -0.1) is 0 Å². The molecule has 4 amide bonds. The molecule has 0 radical (unpaired) electrons. The number of hydrogen-bond acceptors (Lipinski definition) is 10. The molecule has 4 N–H and O–H groups in total. The van der Waals surface area contributed by atoms with Gasteiger partial charge in [-0.25, -0.2) is 23.9 Å². The number of nitrogens with zero attached hydrogens (tertiary/aromatic N) is 4. The van der Waals surface area contributed by atoms with Gasteiger partial charge in [-0.3, -0.25) is 19.3 Å². The average molecular weight is 837 g/mol. The third-order valence-corrected chi connectivity index (χ3v) is 11.1. The molecular formula is C44H49FN8O8. The van der Waals surface area contributed by atoms with Gasteiger partial charge >= 0.3 is 12.2 Å². The number of aromatic nitrogens is 4. The number of benzene rings is 3. The van der Waals surface area contributed by atoms with Crippen molar-refractivity contribution in [2.75, 3.05) is 32.2 Å². The van der Waals surface area contributed by atoms with Crippen molar-refractivity contribution in [1.29, 1.82) is 0 Å². The minimum atomic E-state index is -0.863. The fourth-order valence-corrected chi connectivity index (χ4v) is 7.85. The number of rotatable bonds is 12. The molecule has 17 heteroatoms. The maximum atomic E-state index is 16.2. The third-order valence-electron chi connectivity index (χ3n) is 11.1. The number of methoxy groups -OCH3 is 2. The van der Waals surface area contributed by atoms with Crippen molar-refractivity contribution in [3.8, 4) is 22.5 Å². The Labute approximate surface area is 350 Å². The Morgan fingerprint density at radius 3 is 2.23 bits per heavy atom. The number of imidazole rings is 2. The quantitative estimate of drug-likeness (QED) is 0.0914. The summed E-state index contributed by atoms with van der Waals surface area (Å²) in [5, 5.41) is 6.27. The van der Waals surface area contributed by atoms with Crippen LogP contribution in [-0.4, -0.2) is 88.2 Å². The minimum absolute atomic E-state index is 0.0559. The fraction of sp³-hybridized carbons (Fsp3) is 0.386. The average Bonchev–Trinajstić information content (AvgIpc) is 4.05. The Morgan fingerprint density at radius 1 is 0.885 bits per heavy atom. The van der Waals surface area contributed by atoms with E-state index < -0.39 is 35.5 Å². The van der Waals surface area contributed by atoms with Gasteiger partial charge in [-0.05, 0) is 66.8 Å². The van der Waals surface area contributed by atoms with Gasteiger partial charge in [0.2, 0.25) is 17.3 Å². The molecule has 3 aromatic carbocycles. The Balaban J connectivity index is 1.19. The maximum Gasteiger partial charge on any atom is 0.407 e. The summed E-state index contributed by atoms with van der Waals surface area (Å²) in [5.74, 6) is -0.830. The SMILES string of the molecule is CCCN(C(=O)[C@@H](NC(=O)OC)C(C)C)c1ncc(-c2ccc3oc4c(F)c5ccc(-c6cnc([C@@H]7CCCN7C(=O)C(NC(=O)OC)C(C)C)[nH]6)cc5cc4c(=O)c3c2)[nH]1. The van der Waals surface area contributed by atoms with Crippen LogP contribution >= 0.6 is 0 Å². The van der Waals surface area contributed by atoms with Crippen molar-refractivity contribution in [2.24, 2.45) is 11.8 Å². The van der Waals surface area contributed by atoms with E-state index in [1.165, 1.54) is 19.1 Å². The highest BCUT2D eigenvalue weighted by Crippen LogP contribution is 2.35. The Kier molecular flexibility index (Phi) is 12.1. The maximum absolute atomic E-state index is 16.2. The van der Waals surface area contributed by atoms with E-state index in [1.807, 2.05) is 34.6 Å². The molecule has 6 aromatic rings. The predicted octanol–water partition coefficient (Wildman–Crippen LogP) is 7.19. The molecule has 61 heavy (non-hydrogen) atoms. The van der Waals surface area contributed by atoms with Crippen LogP contribution in [0.3, 0.4) is 0 Å². The second-order valence-corrected chi connectivity index (χ2v) is 15.8. The Hall–Kier alpha value is -6.78. The lowest BCUT2D eigenvalue weighted by molar-refractivity contribution is -0.135. The zero-order valence-electron chi connectivity index (χ0n) is 35.1. The topological polar surface area (TPSA) is 205 Å². The van der Waals surface area contributed by atoms with Crippen LogP contribution in [0.1, 0.15) is 65.7 Å². The van der Waals surface area contributed by atoms with Gasteiger partial charge in [0.15, 0.2) is 11.4 Å². The van der Waals surface area contributed by atoms with Crippen molar-refractivity contribution in [2.45, 2.75) is 72.0 Å². The van der Waals surface area contributed by atoms with Crippen LogP contribution in [0.25, 0.3) is 55.2 Å². The van der Waals surface area contributed by atoms with Crippen molar-refractivity contribution < 1.29 is 37.5 Å². The number of carbonyl (C=O) groups is 4. The van der Waals surface area contributed by atoms with Crippen LogP contribution < -0.4 is 21.0 Å². The highest BCUT2D eigenvalue weighted by molar-refractivity contribution is 6.02. The van der Waals surface area contributed by atoms with E-state index in [0.717, 1.165) is 6.42 Å². The summed E-state index contributed by atoms with van der Waals surface area (Å²) in [6.07, 6.45) is 3.86. The molecule has 1 saturated heterocycles. The molecule has 1 unspecified atom stereocenters. The number of ether oxygens (including phenoxy) is 2. The predicted molar refractivity (Wildman–Crippen MR) is 227 cm³/mol. The first kappa shape index (κ1) is 42.3. The monoisotopic (exact) mass is 836 g/mol. The summed E-state index contributed by atoms with van der Waals surface area (Å²) < 4.78 is 31.7. The summed E-state index contributed by atoms with van der Waals surface area (Å²) in [4.78, 5) is 84.3. The molecule has 4 heterocycles. The van der Waals surface area contributed by atoms with Crippen LogP contribution in [-0.2, 0) is 19.1 Å². The molecule has 0 spiro atoms. The van der Waals surface area contributed by atoms with Crippen LogP contribution in [0, 0.1) is 17.7 Å². The van der Waals surface area contributed by atoms with E-state index in [1.54, 1.807) is 59.8 Å². The highest BCUT2D eigenvalue weighted by atomic mass is 19.1. The number of alkyl carbamates (subject to hydrolysis) is 2. The first-order valence-corrected chi connectivity index (χ1v) is 20.3. The van der Waals surface area contributed by atoms with Gasteiger partial charge in [0.05, 0.1) is 54.8 Å². The standard InChI is InChI=1S/C44H49FN8O8/c1-8-15-53(41(56)36(23(4)5)51-44(58)60-7)42-47-21-31(49-42)25-12-14-33-28(18-25)37(54)29-19-26-17-24(11-13-27(26)34(45)38(29)61-33)30-20-46-39(48-30)32-10-9-16-52(32)40(55)35(22(2)3)50-43(57)59-6/h11-14,17-23,32,35-36H,8-10,15-16H2,1-7H3,(H,46,48)(H,47,49)(H,50,57)(H,51,58)/t32-,35?,36-/m0/s1. The molecule has 320 valence electrons. The van der Waals surface area contributed by atoms with Crippen LogP contribution in [0.5, 0.6) is 0 Å². The number of aromatic amines is 2. The fourth-order valence-electron chi connectivity index (χ4n) is 7.85. The number of nitrogens with one attached hydrogen (secondary N) is 4. The lowest BCUT2D eigenvalue weighted by atomic mass is 10.0. The normalized spacial score (nSPS) is 15.1. The van der Waals surface area contributed by atoms with Gasteiger partial charge in [0.1, 0.15) is 23.5 Å². The first-order chi connectivity index (χ1) is 29.2. The second kappa shape index (κ2) is 17.4. The summed E-state index contributed by atoms with van der Waals surface area (Å²) >= 11 is 0. The lowest BCUT2D eigenvalue weighted by Crippen LogP contribution is -2.52. The number of hydrogen-bond donors (Lipinski definition) is 4. The van der Waals surface area contributed by atoms with E-state index in [-0.39, 0.29) is 63.0 Å². The van der Waals surface area contributed by atoms with Crippen molar-refractivity contribution in [3.05, 3.63) is 76.7 Å². The zero-order valence-corrected chi connectivity index (χ0v) is 35.1. The van der Waals surface area contributed by atoms with Crippen molar-refractivity contribution in [3.63, 3.8) is 0 Å². The van der Waals surface area contributed by atoms with Gasteiger partial charge < -0.3 is 39.4 Å². The molecule has 1 fully saturated rings. The highest BCUT2D eigenvalue weighted by Gasteiger charge is 2.38. The molecule has 0 bridgehead atoms. The summed E-state index contributed by atoms with van der Waals surface area (Å²) in [6.45, 7) is 10.1. The minimum Gasteiger partial charge on any atom is -0.453 e. The molecule has 3 aromatic heterocycles. The summed E-state index contributed by atoms with van der Waals surface area (Å²) in [5.41, 5.74) is 2.01. The largest absolute Gasteiger partial charge is 0.453 e. The summed E-state index contributed by atoms with van der Waals surface area (Å²) in [7, 11) is 2.48. The number of halogens is 1. The van der Waals surface area contributed by atoms with Crippen LogP contribution in [0.15, 0.2) is 64.1 Å². The first-order valence-electron chi connectivity index (χ1n) is 20.3. The molecule has 7 rings (SSSR count). The number of amides is 4. The molecule has 3 atom stereocenters. The Morgan fingerprint density at radius 2 is 1.54 bits per heavy atom. The number of H-pyrrole nitrogens is 2. The number of anilines is 1. The van der Waals surface area contributed by atoms with Crippen LogP contribution in [0.4, 0.5) is 19.9 Å². The third kappa shape index (κ3) is 8.23. The van der Waals surface area contributed by atoms with Crippen LogP contribution in [0.2, 0.25) is 0 Å². The molecule has 0 aliphatic carbocycles. The molecule has 1 aliphatic heterocycles. The van der Waals surface area contributed by atoms with E-state index in [9.17, 15) is 24.0 Å². The van der Waals surface area contributed by atoms with Crippen molar-refractivity contribution >= 4 is 62.7 Å². The van der Waals surface area contributed by atoms with Gasteiger partial charge in [-0.2, -0.15) is 0 Å². The number of carbonyl (C=O) groups excluding carboxylic acids is 4. The molecule has 16 nitrogen and oxygen atoms in total. The van der Waals surface area contributed by atoms with Crippen molar-refractivity contribution in [1.82, 2.24) is 35.5 Å². The number of fused-ring (bicyclic) bond motifs is 3. The van der Waals surface area contributed by atoms with E-state index in [0.29, 0.717) is 59.7 Å². The molecule has 1 aliphatic rings. The van der Waals surface area contributed by atoms with Gasteiger partial charge in [0, 0.05) is 29.6 Å².